The van der Waals surface area contributed by atoms with Crippen molar-refractivity contribution >= 4 is 39.3 Å². The van der Waals surface area contributed by atoms with Crippen LogP contribution in [0.1, 0.15) is 24.0 Å². The van der Waals surface area contributed by atoms with E-state index in [1.165, 1.54) is 0 Å². The monoisotopic (exact) mass is 457 g/mol. The number of rotatable bonds is 6. The molecule has 1 heterocycles. The summed E-state index contributed by atoms with van der Waals surface area (Å²) in [6.45, 7) is 2.33. The van der Waals surface area contributed by atoms with Crippen molar-refractivity contribution in [2.45, 2.75) is 32.2 Å². The Bertz CT molecular complexity index is 901. The van der Waals surface area contributed by atoms with Gasteiger partial charge in [-0.1, -0.05) is 46.3 Å². The average molecular weight is 458 g/mol. The number of halogens is 1. The molecule has 3 amide bonds. The topological polar surface area (TPSA) is 78.5 Å². The van der Waals surface area contributed by atoms with E-state index in [1.807, 2.05) is 49.4 Å². The van der Waals surface area contributed by atoms with E-state index in [0.717, 1.165) is 22.0 Å². The zero-order valence-corrected chi connectivity index (χ0v) is 17.9. The van der Waals surface area contributed by atoms with E-state index in [2.05, 4.69) is 26.6 Å². The number of benzene rings is 2. The molecular formula is C22H24BrN3O3. The maximum atomic E-state index is 12.6. The molecule has 2 aromatic carbocycles. The van der Waals surface area contributed by atoms with Crippen LogP contribution in [-0.2, 0) is 20.8 Å². The van der Waals surface area contributed by atoms with Crippen LogP contribution in [0.5, 0.6) is 0 Å². The van der Waals surface area contributed by atoms with Crippen molar-refractivity contribution in [2.75, 3.05) is 18.4 Å². The minimum absolute atomic E-state index is 0.0659. The first-order valence-electron chi connectivity index (χ1n) is 9.61. The molecule has 1 aliphatic heterocycles. The number of carbonyl (C=O) groups excluding carboxylic acids is 3. The molecule has 0 spiro atoms. The number of hydrogen-bond acceptors (Lipinski definition) is 3. The summed E-state index contributed by atoms with van der Waals surface area (Å²) in [6, 6.07) is 14.5. The Balaban J connectivity index is 1.52. The zero-order valence-electron chi connectivity index (χ0n) is 16.3. The number of nitrogens with zero attached hydrogens (tertiary/aromatic N) is 1. The third-order valence-electron chi connectivity index (χ3n) is 4.96. The van der Waals surface area contributed by atoms with Crippen molar-refractivity contribution in [1.29, 1.82) is 0 Å². The lowest BCUT2D eigenvalue weighted by Crippen LogP contribution is -2.48. The van der Waals surface area contributed by atoms with Crippen molar-refractivity contribution in [3.8, 4) is 0 Å². The van der Waals surface area contributed by atoms with Crippen LogP contribution in [0.3, 0.4) is 0 Å². The summed E-state index contributed by atoms with van der Waals surface area (Å²) in [5.74, 6) is -0.653. The predicted octanol–water partition coefficient (Wildman–Crippen LogP) is 3.05. The highest BCUT2D eigenvalue weighted by atomic mass is 79.9. The van der Waals surface area contributed by atoms with E-state index in [9.17, 15) is 14.4 Å². The molecule has 3 rings (SSSR count). The van der Waals surface area contributed by atoms with Crippen LogP contribution in [0.25, 0.3) is 0 Å². The number of nitrogens with one attached hydrogen (secondary N) is 2. The Morgan fingerprint density at radius 2 is 1.90 bits per heavy atom. The van der Waals surface area contributed by atoms with Gasteiger partial charge in [-0.05, 0) is 49.1 Å². The van der Waals surface area contributed by atoms with Crippen molar-refractivity contribution < 1.29 is 14.4 Å². The largest absolute Gasteiger partial charge is 0.345 e. The highest BCUT2D eigenvalue weighted by molar-refractivity contribution is 9.10. The van der Waals surface area contributed by atoms with Crippen LogP contribution in [0.2, 0.25) is 0 Å². The molecule has 2 N–H and O–H groups in total. The zero-order chi connectivity index (χ0) is 20.8. The van der Waals surface area contributed by atoms with Gasteiger partial charge < -0.3 is 15.5 Å². The van der Waals surface area contributed by atoms with Crippen LogP contribution < -0.4 is 10.6 Å². The molecule has 0 saturated carbocycles. The summed E-state index contributed by atoms with van der Waals surface area (Å²) in [7, 11) is 0. The van der Waals surface area contributed by atoms with Crippen LogP contribution in [0, 0.1) is 6.92 Å². The Morgan fingerprint density at radius 1 is 1.14 bits per heavy atom. The summed E-state index contributed by atoms with van der Waals surface area (Å²) in [5.41, 5.74) is 2.55. The van der Waals surface area contributed by atoms with Crippen LogP contribution in [0.4, 0.5) is 5.69 Å². The molecule has 0 radical (unpaired) electrons. The second kappa shape index (κ2) is 9.69. The van der Waals surface area contributed by atoms with Gasteiger partial charge in [-0.2, -0.15) is 0 Å². The Kier molecular flexibility index (Phi) is 7.04. The number of likely N-dealkylation sites (tertiary alicyclic amines) is 1. The SMILES string of the molecule is Cc1cc(Br)ccc1NC(=O)CNC(=O)C1CCCN1C(=O)Cc1ccccc1. The van der Waals surface area contributed by atoms with Crippen molar-refractivity contribution in [1.82, 2.24) is 10.2 Å². The van der Waals surface area contributed by atoms with E-state index in [4.69, 9.17) is 0 Å². The van der Waals surface area contributed by atoms with Gasteiger partial charge in [0.05, 0.1) is 13.0 Å². The molecule has 1 atom stereocenters. The quantitative estimate of drug-likeness (QED) is 0.699. The fourth-order valence-electron chi connectivity index (χ4n) is 3.46. The van der Waals surface area contributed by atoms with Gasteiger partial charge in [0.15, 0.2) is 0 Å². The summed E-state index contributed by atoms with van der Waals surface area (Å²) >= 11 is 3.39. The van der Waals surface area contributed by atoms with Gasteiger partial charge in [0.1, 0.15) is 6.04 Å². The second-order valence-corrected chi connectivity index (χ2v) is 8.05. The molecule has 152 valence electrons. The molecule has 1 unspecified atom stereocenters. The van der Waals surface area contributed by atoms with E-state index < -0.39 is 6.04 Å². The summed E-state index contributed by atoms with van der Waals surface area (Å²) in [6.07, 6.45) is 1.66. The molecular weight excluding hydrogens is 434 g/mol. The Morgan fingerprint density at radius 3 is 2.62 bits per heavy atom. The molecule has 0 aromatic heterocycles. The molecule has 2 aromatic rings. The maximum Gasteiger partial charge on any atom is 0.243 e. The molecule has 29 heavy (non-hydrogen) atoms. The van der Waals surface area contributed by atoms with Gasteiger partial charge in [-0.3, -0.25) is 14.4 Å². The van der Waals surface area contributed by atoms with E-state index >= 15 is 0 Å². The minimum atomic E-state index is -0.520. The van der Waals surface area contributed by atoms with Gasteiger partial charge in [-0.25, -0.2) is 0 Å². The van der Waals surface area contributed by atoms with Gasteiger partial charge in [0.25, 0.3) is 0 Å². The third kappa shape index (κ3) is 5.67. The second-order valence-electron chi connectivity index (χ2n) is 7.13. The number of carbonyl (C=O) groups is 3. The predicted molar refractivity (Wildman–Crippen MR) is 115 cm³/mol. The molecule has 7 heteroatoms. The highest BCUT2D eigenvalue weighted by Crippen LogP contribution is 2.20. The number of hydrogen-bond donors (Lipinski definition) is 2. The Labute approximate surface area is 178 Å². The third-order valence-corrected chi connectivity index (χ3v) is 5.45. The van der Waals surface area contributed by atoms with E-state index in [-0.39, 0.29) is 30.7 Å². The first-order chi connectivity index (χ1) is 13.9. The maximum absolute atomic E-state index is 12.6. The lowest BCUT2D eigenvalue weighted by Gasteiger charge is -2.24. The first-order valence-corrected chi connectivity index (χ1v) is 10.4. The van der Waals surface area contributed by atoms with E-state index in [0.29, 0.717) is 18.7 Å². The summed E-state index contributed by atoms with van der Waals surface area (Å²) < 4.78 is 0.933. The lowest BCUT2D eigenvalue weighted by molar-refractivity contribution is -0.138. The fourth-order valence-corrected chi connectivity index (χ4v) is 3.93. The molecule has 0 bridgehead atoms. The average Bonchev–Trinajstić information content (AvgIpc) is 3.19. The van der Waals surface area contributed by atoms with Crippen LogP contribution in [0.15, 0.2) is 53.0 Å². The standard InChI is InChI=1S/C22H24BrN3O3/c1-15-12-17(23)9-10-18(15)25-20(27)14-24-22(29)19-8-5-11-26(19)21(28)13-16-6-3-2-4-7-16/h2-4,6-7,9-10,12,19H,5,8,11,13-14H2,1H3,(H,24,29)(H,25,27). The normalized spacial score (nSPS) is 15.8. The van der Waals surface area contributed by atoms with Crippen LogP contribution in [-0.4, -0.2) is 41.8 Å². The molecule has 1 aliphatic rings. The number of amides is 3. The van der Waals surface area contributed by atoms with Gasteiger partial charge >= 0.3 is 0 Å². The lowest BCUT2D eigenvalue weighted by atomic mass is 10.1. The number of anilines is 1. The van der Waals surface area contributed by atoms with Gasteiger partial charge in [0.2, 0.25) is 17.7 Å². The number of aryl methyl sites for hydroxylation is 1. The van der Waals surface area contributed by atoms with Crippen molar-refractivity contribution in [2.24, 2.45) is 0 Å². The van der Waals surface area contributed by atoms with E-state index in [1.54, 1.807) is 11.0 Å². The minimum Gasteiger partial charge on any atom is -0.345 e. The fraction of sp³-hybridized carbons (Fsp3) is 0.318. The first kappa shape index (κ1) is 21.0. The molecule has 1 fully saturated rings. The summed E-state index contributed by atoms with van der Waals surface area (Å²) in [4.78, 5) is 39.1. The smallest absolute Gasteiger partial charge is 0.243 e. The van der Waals surface area contributed by atoms with Gasteiger partial charge in [0, 0.05) is 16.7 Å². The highest BCUT2D eigenvalue weighted by Gasteiger charge is 2.33. The molecule has 6 nitrogen and oxygen atoms in total. The van der Waals surface area contributed by atoms with Crippen molar-refractivity contribution in [3.63, 3.8) is 0 Å². The molecule has 0 aliphatic carbocycles. The summed E-state index contributed by atoms with van der Waals surface area (Å²) in [5, 5.41) is 5.47. The van der Waals surface area contributed by atoms with Gasteiger partial charge in [-0.15, -0.1) is 0 Å². The Hall–Kier alpha value is -2.67. The van der Waals surface area contributed by atoms with Crippen molar-refractivity contribution in [3.05, 3.63) is 64.1 Å². The van der Waals surface area contributed by atoms with Crippen LogP contribution >= 0.6 is 15.9 Å². The molecule has 1 saturated heterocycles.